The number of fused-ring (bicyclic) bond motifs is 1. The van der Waals surface area contributed by atoms with Gasteiger partial charge in [0.1, 0.15) is 11.1 Å². The van der Waals surface area contributed by atoms with Gasteiger partial charge in [-0.1, -0.05) is 11.6 Å². The largest absolute Gasteiger partial charge is 0.368 e. The van der Waals surface area contributed by atoms with Crippen molar-refractivity contribution >= 4 is 39.6 Å². The standard InChI is InChI=1S/C19H18ClNO3S/c20-12-8-6-11(7-9-12)17(22)16-13-3-1-5-15(13)25-19(16)21-18(23)14-4-2-10-24-14/h6-9,14H,1-5,10H2,(H,21,23)/t14-/m0/s1. The zero-order valence-corrected chi connectivity index (χ0v) is 15.2. The minimum atomic E-state index is -0.407. The molecule has 1 aliphatic carbocycles. The SMILES string of the molecule is O=C(c1ccc(Cl)cc1)c1c(NC(=O)[C@@H]2CCCO2)sc2c1CCC2. The molecule has 1 fully saturated rings. The Balaban J connectivity index is 1.67. The molecule has 1 aromatic heterocycles. The van der Waals surface area contributed by atoms with E-state index in [0.717, 1.165) is 37.7 Å². The van der Waals surface area contributed by atoms with Crippen molar-refractivity contribution in [2.75, 3.05) is 11.9 Å². The van der Waals surface area contributed by atoms with E-state index in [4.69, 9.17) is 16.3 Å². The molecule has 1 N–H and O–H groups in total. The number of thiophene rings is 1. The summed E-state index contributed by atoms with van der Waals surface area (Å²) in [6, 6.07) is 6.89. The van der Waals surface area contributed by atoms with Crippen molar-refractivity contribution in [3.63, 3.8) is 0 Å². The predicted octanol–water partition coefficient (Wildman–Crippen LogP) is 4.24. The molecule has 4 rings (SSSR count). The van der Waals surface area contributed by atoms with E-state index in [1.807, 2.05) is 0 Å². The van der Waals surface area contributed by atoms with Crippen LogP contribution in [0, 0.1) is 0 Å². The van der Waals surface area contributed by atoms with Crippen molar-refractivity contribution in [3.8, 4) is 0 Å². The zero-order chi connectivity index (χ0) is 17.4. The summed E-state index contributed by atoms with van der Waals surface area (Å²) in [5, 5.41) is 4.21. The Kier molecular flexibility index (Phi) is 4.63. The summed E-state index contributed by atoms with van der Waals surface area (Å²) in [7, 11) is 0. The van der Waals surface area contributed by atoms with Crippen LogP contribution >= 0.6 is 22.9 Å². The Hall–Kier alpha value is -1.69. The molecule has 1 saturated heterocycles. The predicted molar refractivity (Wildman–Crippen MR) is 98.8 cm³/mol. The summed E-state index contributed by atoms with van der Waals surface area (Å²) < 4.78 is 5.46. The molecular weight excluding hydrogens is 358 g/mol. The second kappa shape index (κ2) is 6.90. The van der Waals surface area contributed by atoms with E-state index >= 15 is 0 Å². The molecule has 1 amide bonds. The summed E-state index contributed by atoms with van der Waals surface area (Å²) in [6.07, 6.45) is 4.14. The molecule has 2 aliphatic rings. The Bertz CT molecular complexity index is 822. The van der Waals surface area contributed by atoms with Crippen molar-refractivity contribution < 1.29 is 14.3 Å². The number of benzene rings is 1. The number of ketones is 1. The Morgan fingerprint density at radius 3 is 2.68 bits per heavy atom. The lowest BCUT2D eigenvalue weighted by Crippen LogP contribution is -2.27. The van der Waals surface area contributed by atoms with Gasteiger partial charge in [-0.15, -0.1) is 11.3 Å². The van der Waals surface area contributed by atoms with Crippen LogP contribution in [0.15, 0.2) is 24.3 Å². The molecule has 1 aliphatic heterocycles. The molecule has 4 nitrogen and oxygen atoms in total. The maximum atomic E-state index is 13.1. The highest BCUT2D eigenvalue weighted by atomic mass is 35.5. The number of anilines is 1. The van der Waals surface area contributed by atoms with Gasteiger partial charge in [0.15, 0.2) is 5.78 Å². The third-order valence-electron chi connectivity index (χ3n) is 4.71. The highest BCUT2D eigenvalue weighted by molar-refractivity contribution is 7.17. The van der Waals surface area contributed by atoms with E-state index in [1.165, 1.54) is 16.2 Å². The van der Waals surface area contributed by atoms with Gasteiger partial charge in [-0.25, -0.2) is 0 Å². The normalized spacial score (nSPS) is 19.0. The van der Waals surface area contributed by atoms with Gasteiger partial charge in [-0.3, -0.25) is 9.59 Å². The van der Waals surface area contributed by atoms with Gasteiger partial charge >= 0.3 is 0 Å². The van der Waals surface area contributed by atoms with Crippen LogP contribution in [0.4, 0.5) is 5.00 Å². The number of ether oxygens (including phenoxy) is 1. The van der Waals surface area contributed by atoms with Crippen LogP contribution in [0.25, 0.3) is 0 Å². The monoisotopic (exact) mass is 375 g/mol. The van der Waals surface area contributed by atoms with Crippen LogP contribution in [0.2, 0.25) is 5.02 Å². The first-order valence-electron chi connectivity index (χ1n) is 8.51. The minimum absolute atomic E-state index is 0.0568. The number of rotatable bonds is 4. The van der Waals surface area contributed by atoms with Gasteiger partial charge in [0.2, 0.25) is 0 Å². The summed E-state index contributed by atoms with van der Waals surface area (Å²) in [4.78, 5) is 26.7. The van der Waals surface area contributed by atoms with Crippen LogP contribution in [-0.2, 0) is 22.4 Å². The number of amides is 1. The van der Waals surface area contributed by atoms with Crippen LogP contribution in [0.3, 0.4) is 0 Å². The summed E-state index contributed by atoms with van der Waals surface area (Å²) >= 11 is 7.46. The third kappa shape index (κ3) is 3.24. The van der Waals surface area contributed by atoms with Gasteiger partial charge in [-0.05, 0) is 61.9 Å². The van der Waals surface area contributed by atoms with E-state index in [0.29, 0.717) is 27.8 Å². The van der Waals surface area contributed by atoms with Gasteiger partial charge in [0.25, 0.3) is 5.91 Å². The van der Waals surface area contributed by atoms with E-state index in [-0.39, 0.29) is 11.7 Å². The van der Waals surface area contributed by atoms with Crippen molar-refractivity contribution in [2.24, 2.45) is 0 Å². The lowest BCUT2D eigenvalue weighted by molar-refractivity contribution is -0.124. The fourth-order valence-corrected chi connectivity index (χ4v) is 4.87. The number of aryl methyl sites for hydroxylation is 1. The van der Waals surface area contributed by atoms with Crippen LogP contribution in [-0.4, -0.2) is 24.4 Å². The average Bonchev–Trinajstić information content (AvgIpc) is 3.32. The van der Waals surface area contributed by atoms with Crippen LogP contribution in [0.5, 0.6) is 0 Å². The second-order valence-electron chi connectivity index (χ2n) is 6.39. The fourth-order valence-electron chi connectivity index (χ4n) is 3.45. The van der Waals surface area contributed by atoms with E-state index in [2.05, 4.69) is 5.32 Å². The number of carbonyl (C=O) groups is 2. The smallest absolute Gasteiger partial charge is 0.254 e. The molecular formula is C19H18ClNO3S. The fraction of sp³-hybridized carbons (Fsp3) is 0.368. The molecule has 25 heavy (non-hydrogen) atoms. The lowest BCUT2D eigenvalue weighted by atomic mass is 10.0. The van der Waals surface area contributed by atoms with E-state index in [1.54, 1.807) is 24.3 Å². The molecule has 6 heteroatoms. The molecule has 2 aromatic rings. The van der Waals surface area contributed by atoms with Gasteiger partial charge in [0.05, 0.1) is 5.56 Å². The molecule has 0 spiro atoms. The first-order valence-corrected chi connectivity index (χ1v) is 9.70. The van der Waals surface area contributed by atoms with Gasteiger partial charge in [0, 0.05) is 22.1 Å². The van der Waals surface area contributed by atoms with Crippen molar-refractivity contribution in [1.82, 2.24) is 0 Å². The quantitative estimate of drug-likeness (QED) is 0.813. The number of hydrogen-bond acceptors (Lipinski definition) is 4. The highest BCUT2D eigenvalue weighted by Gasteiger charge is 2.30. The first-order chi connectivity index (χ1) is 12.1. The maximum Gasteiger partial charge on any atom is 0.254 e. The number of hydrogen-bond donors (Lipinski definition) is 1. The average molecular weight is 376 g/mol. The molecule has 0 saturated carbocycles. The molecule has 2 heterocycles. The number of carbonyl (C=O) groups excluding carboxylic acids is 2. The Labute approximate surface area is 155 Å². The molecule has 0 unspecified atom stereocenters. The van der Waals surface area contributed by atoms with Crippen LogP contribution < -0.4 is 5.32 Å². The van der Waals surface area contributed by atoms with E-state index < -0.39 is 6.10 Å². The first kappa shape index (κ1) is 16.8. The number of halogens is 1. The Morgan fingerprint density at radius 1 is 1.16 bits per heavy atom. The van der Waals surface area contributed by atoms with Crippen LogP contribution in [0.1, 0.15) is 45.6 Å². The third-order valence-corrected chi connectivity index (χ3v) is 6.17. The Morgan fingerprint density at radius 2 is 1.96 bits per heavy atom. The molecule has 0 bridgehead atoms. The highest BCUT2D eigenvalue weighted by Crippen LogP contribution is 2.40. The number of nitrogens with one attached hydrogen (secondary N) is 1. The molecule has 130 valence electrons. The molecule has 1 atom stereocenters. The molecule has 0 radical (unpaired) electrons. The summed E-state index contributed by atoms with van der Waals surface area (Å²) in [6.45, 7) is 0.621. The van der Waals surface area contributed by atoms with Crippen molar-refractivity contribution in [2.45, 2.75) is 38.2 Å². The van der Waals surface area contributed by atoms with Crippen molar-refractivity contribution in [3.05, 3.63) is 50.9 Å². The zero-order valence-electron chi connectivity index (χ0n) is 13.6. The van der Waals surface area contributed by atoms with Crippen molar-refractivity contribution in [1.29, 1.82) is 0 Å². The van der Waals surface area contributed by atoms with Gasteiger partial charge in [-0.2, -0.15) is 0 Å². The van der Waals surface area contributed by atoms with E-state index in [9.17, 15) is 9.59 Å². The minimum Gasteiger partial charge on any atom is -0.368 e. The summed E-state index contributed by atoms with van der Waals surface area (Å²) in [5.74, 6) is -0.207. The van der Waals surface area contributed by atoms with Gasteiger partial charge < -0.3 is 10.1 Å². The second-order valence-corrected chi connectivity index (χ2v) is 7.93. The lowest BCUT2D eigenvalue weighted by Gasteiger charge is -2.11. The topological polar surface area (TPSA) is 55.4 Å². The molecule has 1 aromatic carbocycles. The maximum absolute atomic E-state index is 13.1. The summed E-state index contributed by atoms with van der Waals surface area (Å²) in [5.41, 5.74) is 2.32.